The van der Waals surface area contributed by atoms with Crippen molar-refractivity contribution in [2.75, 3.05) is 13.1 Å². The lowest BCUT2D eigenvalue weighted by Gasteiger charge is -2.25. The van der Waals surface area contributed by atoms with Crippen molar-refractivity contribution in [3.05, 3.63) is 48.1 Å². The number of nitrogens with one attached hydrogen (secondary N) is 1. The van der Waals surface area contributed by atoms with E-state index >= 15 is 0 Å². The normalized spacial score (nSPS) is 16.0. The lowest BCUT2D eigenvalue weighted by molar-refractivity contribution is 0.163. The fourth-order valence-corrected chi connectivity index (χ4v) is 3.68. The summed E-state index contributed by atoms with van der Waals surface area (Å²) in [5.74, 6) is 0.994. The minimum atomic E-state index is 0.305. The number of piperidine rings is 1. The summed E-state index contributed by atoms with van der Waals surface area (Å²) in [6, 6.07) is 10.6. The van der Waals surface area contributed by atoms with Crippen molar-refractivity contribution in [3.63, 3.8) is 0 Å². The summed E-state index contributed by atoms with van der Waals surface area (Å²) in [6.07, 6.45) is 6.19. The molecule has 1 fully saturated rings. The van der Waals surface area contributed by atoms with Crippen LogP contribution in [0.15, 0.2) is 48.1 Å². The first kappa shape index (κ1) is 13.7. The van der Waals surface area contributed by atoms with E-state index in [4.69, 9.17) is 4.74 Å². The van der Waals surface area contributed by atoms with Crippen LogP contribution < -0.4 is 10.1 Å². The molecule has 3 aromatic rings. The minimum absolute atomic E-state index is 0.305. The lowest BCUT2D eigenvalue weighted by atomic mass is 10.1. The third-order valence-corrected chi connectivity index (χ3v) is 5.01. The van der Waals surface area contributed by atoms with E-state index in [1.165, 1.54) is 15.8 Å². The van der Waals surface area contributed by atoms with Gasteiger partial charge in [-0.15, -0.1) is 11.3 Å². The first-order valence-corrected chi connectivity index (χ1v) is 8.57. The molecule has 1 aliphatic rings. The van der Waals surface area contributed by atoms with Crippen molar-refractivity contribution in [2.45, 2.75) is 18.9 Å². The van der Waals surface area contributed by atoms with Crippen molar-refractivity contribution in [2.24, 2.45) is 0 Å². The number of nitrogens with zero attached hydrogens (tertiary/aromatic N) is 1. The van der Waals surface area contributed by atoms with E-state index in [9.17, 15) is 0 Å². The Hall–Kier alpha value is -1.91. The number of hydrogen-bond donors (Lipinski definition) is 1. The number of pyridine rings is 1. The monoisotopic (exact) mass is 310 g/mol. The molecule has 0 aliphatic carbocycles. The molecule has 0 spiro atoms. The van der Waals surface area contributed by atoms with Crippen LogP contribution >= 0.6 is 11.3 Å². The van der Waals surface area contributed by atoms with E-state index in [0.717, 1.165) is 37.1 Å². The van der Waals surface area contributed by atoms with Crippen LogP contribution in [-0.4, -0.2) is 24.2 Å². The standard InChI is InChI=1S/C18H18N2OS/c1-2-18(22-9-1)16-10-14-12-20-6-3-13(14)11-17(16)21-15-4-7-19-8-5-15/h1-3,6,9-12,15,19H,4-5,7-8H2. The Labute approximate surface area is 134 Å². The molecule has 1 N–H and O–H groups in total. The zero-order valence-corrected chi connectivity index (χ0v) is 13.1. The zero-order valence-electron chi connectivity index (χ0n) is 12.3. The molecule has 3 heterocycles. The highest BCUT2D eigenvalue weighted by Crippen LogP contribution is 2.37. The van der Waals surface area contributed by atoms with Crippen LogP contribution in [0.2, 0.25) is 0 Å². The maximum atomic E-state index is 6.36. The number of aromatic nitrogens is 1. The third kappa shape index (κ3) is 2.72. The Morgan fingerprint density at radius 3 is 2.86 bits per heavy atom. The van der Waals surface area contributed by atoms with Gasteiger partial charge in [0.15, 0.2) is 0 Å². The summed E-state index contributed by atoms with van der Waals surface area (Å²) in [4.78, 5) is 5.48. The maximum absolute atomic E-state index is 6.36. The van der Waals surface area contributed by atoms with Gasteiger partial charge < -0.3 is 10.1 Å². The predicted molar refractivity (Wildman–Crippen MR) is 91.6 cm³/mol. The summed E-state index contributed by atoms with van der Waals surface area (Å²) in [5.41, 5.74) is 1.18. The molecule has 4 rings (SSSR count). The van der Waals surface area contributed by atoms with E-state index in [2.05, 4.69) is 39.9 Å². The molecule has 0 bridgehead atoms. The van der Waals surface area contributed by atoms with Crippen LogP contribution in [0.25, 0.3) is 21.2 Å². The van der Waals surface area contributed by atoms with Gasteiger partial charge in [-0.3, -0.25) is 4.98 Å². The summed E-state index contributed by atoms with van der Waals surface area (Å²) >= 11 is 1.75. The van der Waals surface area contributed by atoms with Crippen molar-refractivity contribution >= 4 is 22.1 Å². The average Bonchev–Trinajstić information content (AvgIpc) is 3.09. The molecule has 2 aromatic heterocycles. The van der Waals surface area contributed by atoms with Gasteiger partial charge in [-0.1, -0.05) is 6.07 Å². The van der Waals surface area contributed by atoms with Gasteiger partial charge in [-0.2, -0.15) is 0 Å². The molecule has 4 heteroatoms. The van der Waals surface area contributed by atoms with Gasteiger partial charge in [-0.25, -0.2) is 0 Å². The maximum Gasteiger partial charge on any atom is 0.129 e. The van der Waals surface area contributed by atoms with E-state index in [0.29, 0.717) is 6.10 Å². The van der Waals surface area contributed by atoms with Crippen molar-refractivity contribution in [1.82, 2.24) is 10.3 Å². The van der Waals surface area contributed by atoms with E-state index in [1.807, 2.05) is 18.5 Å². The highest BCUT2D eigenvalue weighted by molar-refractivity contribution is 7.13. The van der Waals surface area contributed by atoms with Crippen molar-refractivity contribution in [1.29, 1.82) is 0 Å². The molecule has 0 saturated carbocycles. The molecular weight excluding hydrogens is 292 g/mol. The average molecular weight is 310 g/mol. The SMILES string of the molecule is c1csc(-c2cc3cnccc3cc2OC2CCNCC2)c1. The van der Waals surface area contributed by atoms with E-state index < -0.39 is 0 Å². The lowest BCUT2D eigenvalue weighted by Crippen LogP contribution is -2.34. The summed E-state index contributed by atoms with van der Waals surface area (Å²) < 4.78 is 6.36. The Kier molecular flexibility index (Phi) is 3.79. The molecule has 1 aliphatic heterocycles. The van der Waals surface area contributed by atoms with Gasteiger partial charge >= 0.3 is 0 Å². The Morgan fingerprint density at radius 1 is 1.14 bits per heavy atom. The molecule has 3 nitrogen and oxygen atoms in total. The summed E-state index contributed by atoms with van der Waals surface area (Å²) in [7, 11) is 0. The highest BCUT2D eigenvalue weighted by atomic mass is 32.1. The fourth-order valence-electron chi connectivity index (χ4n) is 2.93. The van der Waals surface area contributed by atoms with E-state index in [-0.39, 0.29) is 0 Å². The Balaban J connectivity index is 1.78. The molecule has 0 atom stereocenters. The summed E-state index contributed by atoms with van der Waals surface area (Å²) in [5, 5.41) is 7.83. The van der Waals surface area contributed by atoms with Crippen molar-refractivity contribution < 1.29 is 4.74 Å². The quantitative estimate of drug-likeness (QED) is 0.791. The van der Waals surface area contributed by atoms with Crippen LogP contribution in [0.4, 0.5) is 0 Å². The minimum Gasteiger partial charge on any atom is -0.490 e. The number of rotatable bonds is 3. The fraction of sp³-hybridized carbons (Fsp3) is 0.278. The molecule has 1 aromatic carbocycles. The highest BCUT2D eigenvalue weighted by Gasteiger charge is 2.17. The second-order valence-electron chi connectivity index (χ2n) is 5.62. The largest absolute Gasteiger partial charge is 0.490 e. The van der Waals surface area contributed by atoms with E-state index in [1.54, 1.807) is 11.3 Å². The van der Waals surface area contributed by atoms with Gasteiger partial charge in [0.25, 0.3) is 0 Å². The van der Waals surface area contributed by atoms with Crippen LogP contribution in [-0.2, 0) is 0 Å². The van der Waals surface area contributed by atoms with Crippen LogP contribution in [0.5, 0.6) is 5.75 Å². The number of benzene rings is 1. The van der Waals surface area contributed by atoms with Gasteiger partial charge in [0.1, 0.15) is 11.9 Å². The first-order chi connectivity index (χ1) is 10.9. The van der Waals surface area contributed by atoms with Gasteiger partial charge in [0.05, 0.1) is 0 Å². The van der Waals surface area contributed by atoms with Gasteiger partial charge in [0, 0.05) is 28.2 Å². The second-order valence-corrected chi connectivity index (χ2v) is 6.56. The molecule has 22 heavy (non-hydrogen) atoms. The number of fused-ring (bicyclic) bond motifs is 1. The van der Waals surface area contributed by atoms with Crippen LogP contribution in [0.1, 0.15) is 12.8 Å². The number of ether oxygens (including phenoxy) is 1. The number of thiophene rings is 1. The topological polar surface area (TPSA) is 34.1 Å². The van der Waals surface area contributed by atoms with Gasteiger partial charge in [0.2, 0.25) is 0 Å². The molecular formula is C18H18N2OS. The molecule has 0 unspecified atom stereocenters. The Morgan fingerprint density at radius 2 is 2.05 bits per heavy atom. The number of hydrogen-bond acceptors (Lipinski definition) is 4. The predicted octanol–water partition coefficient (Wildman–Crippen LogP) is 4.09. The zero-order chi connectivity index (χ0) is 14.8. The Bertz CT molecular complexity index is 764. The second kappa shape index (κ2) is 6.07. The van der Waals surface area contributed by atoms with Crippen LogP contribution in [0, 0.1) is 0 Å². The van der Waals surface area contributed by atoms with Gasteiger partial charge in [-0.05, 0) is 61.0 Å². The summed E-state index contributed by atoms with van der Waals surface area (Å²) in [6.45, 7) is 2.08. The van der Waals surface area contributed by atoms with Crippen molar-refractivity contribution in [3.8, 4) is 16.2 Å². The smallest absolute Gasteiger partial charge is 0.129 e. The molecule has 0 amide bonds. The molecule has 1 saturated heterocycles. The third-order valence-electron chi connectivity index (χ3n) is 4.11. The molecule has 0 radical (unpaired) electrons. The van der Waals surface area contributed by atoms with Crippen LogP contribution in [0.3, 0.4) is 0 Å². The molecule has 112 valence electrons. The first-order valence-electron chi connectivity index (χ1n) is 7.69.